The monoisotopic (exact) mass is 426 g/mol. The third-order valence-corrected chi connectivity index (χ3v) is 4.93. The van der Waals surface area contributed by atoms with E-state index >= 15 is 0 Å². The van der Waals surface area contributed by atoms with E-state index in [0.717, 1.165) is 18.2 Å². The molecule has 3 aromatic carbocycles. The van der Waals surface area contributed by atoms with Gasteiger partial charge in [0.2, 0.25) is 0 Å². The first-order chi connectivity index (χ1) is 14.7. The van der Waals surface area contributed by atoms with Gasteiger partial charge in [0.15, 0.2) is 23.4 Å². The molecule has 2 atom stereocenters. The van der Waals surface area contributed by atoms with E-state index in [2.05, 4.69) is 0 Å². The number of phenolic OH excluding ortho intramolecular Hbond substituents is 6. The van der Waals surface area contributed by atoms with Crippen LogP contribution in [0.1, 0.15) is 27.6 Å². The molecule has 0 radical (unpaired) electrons. The number of esters is 1. The molecule has 0 saturated carbocycles. The third-order valence-electron chi connectivity index (χ3n) is 4.93. The highest BCUT2D eigenvalue weighted by atomic mass is 16.6. The third kappa shape index (κ3) is 3.80. The molecule has 1 aliphatic heterocycles. The predicted molar refractivity (Wildman–Crippen MR) is 106 cm³/mol. The summed E-state index contributed by atoms with van der Waals surface area (Å²) < 4.78 is 11.4. The van der Waals surface area contributed by atoms with Crippen LogP contribution < -0.4 is 4.74 Å². The zero-order valence-electron chi connectivity index (χ0n) is 15.9. The van der Waals surface area contributed by atoms with E-state index in [4.69, 9.17) is 9.47 Å². The van der Waals surface area contributed by atoms with E-state index in [1.807, 2.05) is 0 Å². The second kappa shape index (κ2) is 7.52. The molecule has 1 aliphatic rings. The number of carbonyl (C=O) groups is 1. The summed E-state index contributed by atoms with van der Waals surface area (Å²) in [4.78, 5) is 12.7. The van der Waals surface area contributed by atoms with Crippen molar-refractivity contribution in [2.24, 2.45) is 0 Å². The van der Waals surface area contributed by atoms with Gasteiger partial charge in [-0.05, 0) is 30.3 Å². The summed E-state index contributed by atoms with van der Waals surface area (Å²) in [6, 6.07) is 10.2. The molecule has 6 N–H and O–H groups in total. The number of rotatable bonds is 3. The summed E-state index contributed by atoms with van der Waals surface area (Å²) in [6.45, 7) is 0. The fraction of sp³-hybridized carbons (Fsp3) is 0.136. The highest BCUT2D eigenvalue weighted by Crippen LogP contribution is 2.45. The van der Waals surface area contributed by atoms with Crippen LogP contribution >= 0.6 is 0 Å². The summed E-state index contributed by atoms with van der Waals surface area (Å²) in [6.07, 6.45) is -2.10. The van der Waals surface area contributed by atoms with Crippen LogP contribution in [0.15, 0.2) is 48.5 Å². The fourth-order valence-corrected chi connectivity index (χ4v) is 3.46. The highest BCUT2D eigenvalue weighted by Gasteiger charge is 2.37. The van der Waals surface area contributed by atoms with Gasteiger partial charge in [-0.25, -0.2) is 4.79 Å². The van der Waals surface area contributed by atoms with E-state index in [-0.39, 0.29) is 46.1 Å². The minimum atomic E-state index is -1.06. The van der Waals surface area contributed by atoms with Crippen LogP contribution in [0.4, 0.5) is 0 Å². The summed E-state index contributed by atoms with van der Waals surface area (Å²) in [5.41, 5.74) is 0.542. The maximum atomic E-state index is 12.7. The maximum absolute atomic E-state index is 12.7. The maximum Gasteiger partial charge on any atom is 0.338 e. The van der Waals surface area contributed by atoms with Gasteiger partial charge in [0.05, 0.1) is 5.56 Å². The first-order valence-corrected chi connectivity index (χ1v) is 9.19. The zero-order chi connectivity index (χ0) is 22.3. The van der Waals surface area contributed by atoms with Crippen LogP contribution in [-0.4, -0.2) is 42.7 Å². The number of ether oxygens (including phenoxy) is 2. The molecule has 0 spiro atoms. The van der Waals surface area contributed by atoms with Crippen molar-refractivity contribution in [1.29, 1.82) is 0 Å². The van der Waals surface area contributed by atoms with Gasteiger partial charge in [-0.1, -0.05) is 6.07 Å². The second-order valence-corrected chi connectivity index (χ2v) is 7.09. The average Bonchev–Trinajstić information content (AvgIpc) is 2.71. The number of carbonyl (C=O) groups excluding carboxylic acids is 1. The summed E-state index contributed by atoms with van der Waals surface area (Å²) in [5.74, 6) is -3.23. The van der Waals surface area contributed by atoms with E-state index in [0.29, 0.717) is 0 Å². The Morgan fingerprint density at radius 2 is 1.58 bits per heavy atom. The molecule has 160 valence electrons. The van der Waals surface area contributed by atoms with Gasteiger partial charge in [0, 0.05) is 29.7 Å². The fourth-order valence-electron chi connectivity index (χ4n) is 3.46. The first-order valence-electron chi connectivity index (χ1n) is 9.19. The van der Waals surface area contributed by atoms with Crippen molar-refractivity contribution in [1.82, 2.24) is 0 Å². The number of benzene rings is 3. The molecular weight excluding hydrogens is 408 g/mol. The molecule has 3 aromatic rings. The largest absolute Gasteiger partial charge is 0.508 e. The van der Waals surface area contributed by atoms with Gasteiger partial charge in [0.25, 0.3) is 0 Å². The number of phenols is 6. The quantitative estimate of drug-likeness (QED) is 0.274. The Morgan fingerprint density at radius 1 is 0.871 bits per heavy atom. The molecule has 0 saturated heterocycles. The lowest BCUT2D eigenvalue weighted by atomic mass is 9.93. The molecule has 31 heavy (non-hydrogen) atoms. The Kier molecular flexibility index (Phi) is 4.86. The van der Waals surface area contributed by atoms with Crippen molar-refractivity contribution in [3.63, 3.8) is 0 Å². The normalized spacial score (nSPS) is 17.4. The van der Waals surface area contributed by atoms with Crippen molar-refractivity contribution in [2.45, 2.75) is 18.6 Å². The van der Waals surface area contributed by atoms with Crippen molar-refractivity contribution < 1.29 is 44.9 Å². The standard InChI is InChI=1S/C22H18O9/c23-12-3-1-2-10(4-12)22(29)31-19-9-14-15(25)7-13(24)8-18(14)30-21(19)11-5-16(26)20(28)17(27)6-11/h1-8,19,21,23-28H,9H2/t19-,21+/m1/s1. The van der Waals surface area contributed by atoms with E-state index in [9.17, 15) is 35.4 Å². The van der Waals surface area contributed by atoms with Gasteiger partial charge in [-0.15, -0.1) is 0 Å². The zero-order valence-corrected chi connectivity index (χ0v) is 15.9. The lowest BCUT2D eigenvalue weighted by Crippen LogP contribution is -2.34. The van der Waals surface area contributed by atoms with Crippen LogP contribution in [0.3, 0.4) is 0 Å². The van der Waals surface area contributed by atoms with E-state index in [1.54, 1.807) is 0 Å². The van der Waals surface area contributed by atoms with Gasteiger partial charge in [-0.3, -0.25) is 0 Å². The van der Waals surface area contributed by atoms with Crippen molar-refractivity contribution >= 4 is 5.97 Å². The van der Waals surface area contributed by atoms with Gasteiger partial charge in [0.1, 0.15) is 29.1 Å². The number of fused-ring (bicyclic) bond motifs is 1. The van der Waals surface area contributed by atoms with Crippen molar-refractivity contribution in [2.75, 3.05) is 0 Å². The van der Waals surface area contributed by atoms with Gasteiger partial charge in [-0.2, -0.15) is 0 Å². The van der Waals surface area contributed by atoms with Crippen LogP contribution in [-0.2, 0) is 11.2 Å². The lowest BCUT2D eigenvalue weighted by molar-refractivity contribution is -0.0189. The molecule has 0 aromatic heterocycles. The van der Waals surface area contributed by atoms with Crippen LogP contribution in [0.25, 0.3) is 0 Å². The van der Waals surface area contributed by atoms with E-state index in [1.165, 1.54) is 30.3 Å². The van der Waals surface area contributed by atoms with Crippen molar-refractivity contribution in [3.8, 4) is 40.2 Å². The predicted octanol–water partition coefficient (Wildman–Crippen LogP) is 2.82. The molecule has 1 heterocycles. The second-order valence-electron chi connectivity index (χ2n) is 7.09. The van der Waals surface area contributed by atoms with Crippen LogP contribution in [0.5, 0.6) is 40.2 Å². The first kappa shape index (κ1) is 20.0. The number of hydrogen-bond donors (Lipinski definition) is 6. The van der Waals surface area contributed by atoms with Gasteiger partial charge < -0.3 is 40.1 Å². The van der Waals surface area contributed by atoms with Crippen LogP contribution in [0.2, 0.25) is 0 Å². The molecule has 9 nitrogen and oxygen atoms in total. The Bertz CT molecular complexity index is 1150. The van der Waals surface area contributed by atoms with Crippen molar-refractivity contribution in [3.05, 3.63) is 65.2 Å². The Hall–Kier alpha value is -4.27. The smallest absolute Gasteiger partial charge is 0.338 e. The lowest BCUT2D eigenvalue weighted by Gasteiger charge is -2.34. The van der Waals surface area contributed by atoms with Gasteiger partial charge >= 0.3 is 5.97 Å². The molecule has 0 unspecified atom stereocenters. The Morgan fingerprint density at radius 3 is 2.26 bits per heavy atom. The minimum Gasteiger partial charge on any atom is -0.508 e. The molecule has 4 rings (SSSR count). The molecule has 0 bridgehead atoms. The summed E-state index contributed by atoms with van der Waals surface area (Å²) in [5, 5.41) is 59.0. The average molecular weight is 426 g/mol. The molecule has 0 fully saturated rings. The molecule has 0 aliphatic carbocycles. The Balaban J connectivity index is 1.74. The number of hydrogen-bond acceptors (Lipinski definition) is 9. The minimum absolute atomic E-state index is 0.0148. The van der Waals surface area contributed by atoms with E-state index < -0.39 is 35.4 Å². The summed E-state index contributed by atoms with van der Waals surface area (Å²) in [7, 11) is 0. The molecule has 9 heteroatoms. The SMILES string of the molecule is O=C(O[C@@H]1Cc2c(O)cc(O)cc2O[C@H]1c1cc(O)c(O)c(O)c1)c1cccc(O)c1. The summed E-state index contributed by atoms with van der Waals surface area (Å²) >= 11 is 0. The highest BCUT2D eigenvalue weighted by molar-refractivity contribution is 5.90. The molecule has 0 amide bonds. The Labute approximate surface area is 175 Å². The molecular formula is C22H18O9. The number of aromatic hydroxyl groups is 6. The topological polar surface area (TPSA) is 157 Å². The van der Waals surface area contributed by atoms with Crippen LogP contribution in [0, 0.1) is 0 Å².